The van der Waals surface area contributed by atoms with Crippen molar-refractivity contribution in [3.05, 3.63) is 39.3 Å². The second-order valence-corrected chi connectivity index (χ2v) is 7.19. The number of hydrogen-bond acceptors (Lipinski definition) is 5. The number of thiazole rings is 1. The number of nitrogens with zero attached hydrogens (tertiary/aromatic N) is 2. The van der Waals surface area contributed by atoms with Gasteiger partial charge in [0.15, 0.2) is 17.5 Å². The first-order chi connectivity index (χ1) is 13.4. The van der Waals surface area contributed by atoms with E-state index in [1.165, 1.54) is 4.88 Å². The first kappa shape index (κ1) is 25.3. The minimum absolute atomic E-state index is 0. The summed E-state index contributed by atoms with van der Waals surface area (Å²) in [6.45, 7) is 4.16. The molecule has 10 heteroatoms. The maximum atomic E-state index is 12.8. The lowest BCUT2D eigenvalue weighted by Crippen LogP contribution is -2.38. The maximum absolute atomic E-state index is 12.8. The van der Waals surface area contributed by atoms with Crippen LogP contribution in [0, 0.1) is 13.8 Å². The molecule has 1 heterocycles. The number of aryl methyl sites for hydroxylation is 2. The van der Waals surface area contributed by atoms with E-state index in [0.29, 0.717) is 30.4 Å². The highest BCUT2D eigenvalue weighted by molar-refractivity contribution is 14.0. The molecule has 0 radical (unpaired) electrons. The summed E-state index contributed by atoms with van der Waals surface area (Å²) < 4.78 is 35.7. The topological polar surface area (TPSA) is 67.8 Å². The molecule has 0 aliphatic carbocycles. The molecule has 0 aliphatic heterocycles. The van der Waals surface area contributed by atoms with Crippen LogP contribution in [-0.2, 0) is 13.0 Å². The van der Waals surface area contributed by atoms with E-state index in [1.807, 2.05) is 13.8 Å². The number of alkyl halides is 2. The summed E-state index contributed by atoms with van der Waals surface area (Å²) in [5.41, 5.74) is 1.61. The van der Waals surface area contributed by atoms with Crippen LogP contribution in [0.4, 0.5) is 8.78 Å². The average molecular weight is 540 g/mol. The lowest BCUT2D eigenvalue weighted by atomic mass is 10.2. The van der Waals surface area contributed by atoms with Gasteiger partial charge in [-0.3, -0.25) is 4.99 Å². The number of benzene rings is 1. The van der Waals surface area contributed by atoms with E-state index in [-0.39, 0.29) is 36.3 Å². The van der Waals surface area contributed by atoms with Crippen molar-refractivity contribution in [1.29, 1.82) is 0 Å². The molecule has 0 fully saturated rings. The van der Waals surface area contributed by atoms with Gasteiger partial charge < -0.3 is 20.1 Å². The van der Waals surface area contributed by atoms with E-state index in [1.54, 1.807) is 43.5 Å². The molecule has 0 unspecified atom stereocenters. The zero-order valence-electron chi connectivity index (χ0n) is 16.9. The van der Waals surface area contributed by atoms with Crippen molar-refractivity contribution in [1.82, 2.24) is 15.6 Å². The third kappa shape index (κ3) is 7.92. The van der Waals surface area contributed by atoms with Crippen LogP contribution in [0.5, 0.6) is 11.5 Å². The Hall–Kier alpha value is -1.69. The zero-order chi connectivity index (χ0) is 20.5. The minimum atomic E-state index is -2.93. The average Bonchev–Trinajstić information content (AvgIpc) is 2.97. The number of ether oxygens (including phenoxy) is 2. The van der Waals surface area contributed by atoms with Crippen LogP contribution in [0.1, 0.15) is 28.1 Å². The summed E-state index contributed by atoms with van der Waals surface area (Å²) >= 11 is 1.68. The Kier molecular flexibility index (Phi) is 11.2. The fourth-order valence-electron chi connectivity index (χ4n) is 2.69. The standard InChI is InChI=1S/C19H26F2N4O2S.HI/c1-5-26-15-8-6-7-14(17(15)27-18(20)21)11-24-19(22-4)23-10-9-16-12(2)25-13(3)28-16;/h6-8,18H,5,9-11H2,1-4H3,(H2,22,23,24);1H. The molecule has 0 amide bonds. The van der Waals surface area contributed by atoms with Gasteiger partial charge in [0.1, 0.15) is 0 Å². The molecule has 0 bridgehead atoms. The van der Waals surface area contributed by atoms with Gasteiger partial charge in [-0.1, -0.05) is 12.1 Å². The van der Waals surface area contributed by atoms with Crippen molar-refractivity contribution < 1.29 is 18.3 Å². The van der Waals surface area contributed by atoms with Crippen LogP contribution in [-0.4, -0.2) is 37.8 Å². The van der Waals surface area contributed by atoms with Crippen molar-refractivity contribution in [2.45, 2.75) is 40.3 Å². The number of para-hydroxylation sites is 1. The van der Waals surface area contributed by atoms with Gasteiger partial charge in [0.25, 0.3) is 0 Å². The molecule has 0 saturated heterocycles. The van der Waals surface area contributed by atoms with E-state index in [4.69, 9.17) is 4.74 Å². The molecule has 29 heavy (non-hydrogen) atoms. The van der Waals surface area contributed by atoms with E-state index in [2.05, 4.69) is 25.3 Å². The monoisotopic (exact) mass is 540 g/mol. The van der Waals surface area contributed by atoms with Crippen LogP contribution in [0.2, 0.25) is 0 Å². The van der Waals surface area contributed by atoms with Crippen LogP contribution >= 0.6 is 35.3 Å². The van der Waals surface area contributed by atoms with Crippen molar-refractivity contribution in [3.63, 3.8) is 0 Å². The number of hydrogen-bond donors (Lipinski definition) is 2. The third-order valence-electron chi connectivity index (χ3n) is 3.88. The van der Waals surface area contributed by atoms with Gasteiger partial charge in [0.05, 0.1) is 17.3 Å². The Balaban J connectivity index is 0.00000420. The largest absolute Gasteiger partial charge is 0.490 e. The van der Waals surface area contributed by atoms with Crippen molar-refractivity contribution in [2.24, 2.45) is 4.99 Å². The number of guanidine groups is 1. The van der Waals surface area contributed by atoms with Crippen LogP contribution in [0.3, 0.4) is 0 Å². The number of nitrogens with one attached hydrogen (secondary N) is 2. The summed E-state index contributed by atoms with van der Waals surface area (Å²) in [6.07, 6.45) is 0.831. The minimum Gasteiger partial charge on any atom is -0.490 e. The molecule has 2 rings (SSSR count). The molecule has 2 aromatic rings. The number of aromatic nitrogens is 1. The van der Waals surface area contributed by atoms with Crippen molar-refractivity contribution in [3.8, 4) is 11.5 Å². The van der Waals surface area contributed by atoms with E-state index in [0.717, 1.165) is 17.1 Å². The molecule has 0 aliphatic rings. The molecule has 1 aromatic heterocycles. The molecule has 2 N–H and O–H groups in total. The highest BCUT2D eigenvalue weighted by Gasteiger charge is 2.16. The Bertz CT molecular complexity index is 803. The predicted octanol–water partition coefficient (Wildman–Crippen LogP) is 4.29. The molecule has 0 saturated carbocycles. The van der Waals surface area contributed by atoms with Crippen LogP contribution in [0.25, 0.3) is 0 Å². The normalized spacial score (nSPS) is 11.2. The van der Waals surface area contributed by atoms with Crippen LogP contribution in [0.15, 0.2) is 23.2 Å². The van der Waals surface area contributed by atoms with Crippen LogP contribution < -0.4 is 20.1 Å². The quantitative estimate of drug-likeness (QED) is 0.283. The maximum Gasteiger partial charge on any atom is 0.387 e. The van der Waals surface area contributed by atoms with Gasteiger partial charge in [-0.25, -0.2) is 4.98 Å². The summed E-state index contributed by atoms with van der Waals surface area (Å²) in [6, 6.07) is 5.06. The van der Waals surface area contributed by atoms with Gasteiger partial charge in [0, 0.05) is 37.0 Å². The SMILES string of the molecule is CCOc1cccc(CNC(=NC)NCCc2sc(C)nc2C)c1OC(F)F.I. The first-order valence-electron chi connectivity index (χ1n) is 9.01. The molecule has 162 valence electrons. The van der Waals surface area contributed by atoms with E-state index in [9.17, 15) is 8.78 Å². The first-order valence-corrected chi connectivity index (χ1v) is 9.83. The molecule has 0 atom stereocenters. The Labute approximate surface area is 191 Å². The molecule has 0 spiro atoms. The highest BCUT2D eigenvalue weighted by atomic mass is 127. The summed E-state index contributed by atoms with van der Waals surface area (Å²) in [7, 11) is 1.66. The smallest absolute Gasteiger partial charge is 0.387 e. The summed E-state index contributed by atoms with van der Waals surface area (Å²) in [4.78, 5) is 9.83. The summed E-state index contributed by atoms with van der Waals surface area (Å²) in [5, 5.41) is 7.39. The highest BCUT2D eigenvalue weighted by Crippen LogP contribution is 2.32. The van der Waals surface area contributed by atoms with Crippen molar-refractivity contribution in [2.75, 3.05) is 20.2 Å². The fourth-order valence-corrected chi connectivity index (χ4v) is 3.63. The number of aliphatic imine (C=N–C) groups is 1. The van der Waals surface area contributed by atoms with E-state index >= 15 is 0 Å². The summed E-state index contributed by atoms with van der Waals surface area (Å²) in [5.74, 6) is 0.905. The van der Waals surface area contributed by atoms with Gasteiger partial charge in [-0.05, 0) is 26.8 Å². The second kappa shape index (κ2) is 12.8. The Morgan fingerprint density at radius 1 is 1.28 bits per heavy atom. The second-order valence-electron chi connectivity index (χ2n) is 5.90. The fraction of sp³-hybridized carbons (Fsp3) is 0.474. The molecular formula is C19H27F2IN4O2S. The van der Waals surface area contributed by atoms with Gasteiger partial charge in [-0.2, -0.15) is 8.78 Å². The lowest BCUT2D eigenvalue weighted by Gasteiger charge is -2.17. The van der Waals surface area contributed by atoms with Gasteiger partial charge >= 0.3 is 6.61 Å². The zero-order valence-corrected chi connectivity index (χ0v) is 20.1. The number of rotatable bonds is 9. The van der Waals surface area contributed by atoms with Crippen molar-refractivity contribution >= 4 is 41.3 Å². The van der Waals surface area contributed by atoms with E-state index < -0.39 is 6.61 Å². The molecule has 6 nitrogen and oxygen atoms in total. The van der Waals surface area contributed by atoms with Gasteiger partial charge in [0.2, 0.25) is 0 Å². The molecular weight excluding hydrogens is 513 g/mol. The third-order valence-corrected chi connectivity index (χ3v) is 5.01. The lowest BCUT2D eigenvalue weighted by molar-refractivity contribution is -0.0520. The Morgan fingerprint density at radius 2 is 2.03 bits per heavy atom. The number of halogens is 3. The molecule has 1 aromatic carbocycles. The predicted molar refractivity (Wildman–Crippen MR) is 123 cm³/mol. The van der Waals surface area contributed by atoms with Gasteiger partial charge in [-0.15, -0.1) is 35.3 Å². The Morgan fingerprint density at radius 3 is 2.62 bits per heavy atom.